The number of urea groups is 1. The van der Waals surface area contributed by atoms with Crippen LogP contribution in [0.1, 0.15) is 16.9 Å². The van der Waals surface area contributed by atoms with Crippen molar-refractivity contribution >= 4 is 23.9 Å². The van der Waals surface area contributed by atoms with Gasteiger partial charge in [-0.1, -0.05) is 6.08 Å². The summed E-state index contributed by atoms with van der Waals surface area (Å²) in [5, 5.41) is 2.18. The molecule has 1 aromatic carbocycles. The lowest BCUT2D eigenvalue weighted by Gasteiger charge is -2.25. The third-order valence-electron chi connectivity index (χ3n) is 4.33. The Morgan fingerprint density at radius 3 is 2.62 bits per heavy atom. The number of nitrogens with one attached hydrogen (secondary N) is 1. The first-order valence-corrected chi connectivity index (χ1v) is 8.75. The number of imide groups is 2. The van der Waals surface area contributed by atoms with Crippen molar-refractivity contribution in [2.75, 3.05) is 14.2 Å². The van der Waals surface area contributed by atoms with Gasteiger partial charge in [0.25, 0.3) is 11.8 Å². The quantitative estimate of drug-likeness (QED) is 0.439. The minimum atomic E-state index is -0.798. The fourth-order valence-corrected chi connectivity index (χ4v) is 3.02. The van der Waals surface area contributed by atoms with Gasteiger partial charge in [-0.15, -0.1) is 6.58 Å². The molecule has 1 N–H and O–H groups in total. The minimum Gasteiger partial charge on any atom is -0.493 e. The SMILES string of the molecule is C=CCc1cc(C=C2C(=O)NC(=O)N(Cc3ccco3)C2=O)cc(OC)c1OC. The summed E-state index contributed by atoms with van der Waals surface area (Å²) < 4.78 is 16.0. The van der Waals surface area contributed by atoms with E-state index in [4.69, 9.17) is 13.9 Å². The summed E-state index contributed by atoms with van der Waals surface area (Å²) in [4.78, 5) is 38.2. The number of ether oxygens (including phenoxy) is 2. The molecule has 8 nitrogen and oxygen atoms in total. The normalized spacial score (nSPS) is 15.4. The monoisotopic (exact) mass is 396 g/mol. The van der Waals surface area contributed by atoms with Gasteiger partial charge in [-0.05, 0) is 42.3 Å². The fourth-order valence-electron chi connectivity index (χ4n) is 3.02. The van der Waals surface area contributed by atoms with Gasteiger partial charge in [0.1, 0.15) is 11.3 Å². The number of benzene rings is 1. The van der Waals surface area contributed by atoms with Gasteiger partial charge in [0.05, 0.1) is 27.0 Å². The zero-order valence-corrected chi connectivity index (χ0v) is 16.1. The van der Waals surface area contributed by atoms with Crippen LogP contribution in [0, 0.1) is 0 Å². The lowest BCUT2D eigenvalue weighted by atomic mass is 10.0. The van der Waals surface area contributed by atoms with Gasteiger partial charge >= 0.3 is 6.03 Å². The van der Waals surface area contributed by atoms with Crippen LogP contribution < -0.4 is 14.8 Å². The van der Waals surface area contributed by atoms with E-state index in [1.165, 1.54) is 26.6 Å². The highest BCUT2D eigenvalue weighted by atomic mass is 16.5. The van der Waals surface area contributed by atoms with Crippen LogP contribution in [0.5, 0.6) is 11.5 Å². The lowest BCUT2D eigenvalue weighted by Crippen LogP contribution is -2.53. The topological polar surface area (TPSA) is 98.1 Å². The Bertz CT molecular complexity index is 991. The summed E-state index contributed by atoms with van der Waals surface area (Å²) in [5.74, 6) is -0.0676. The number of nitrogens with zero attached hydrogens (tertiary/aromatic N) is 1. The van der Waals surface area contributed by atoms with Crippen molar-refractivity contribution in [2.24, 2.45) is 0 Å². The second-order valence-electron chi connectivity index (χ2n) is 6.20. The van der Waals surface area contributed by atoms with Crippen molar-refractivity contribution in [3.8, 4) is 11.5 Å². The molecule has 2 aromatic rings. The van der Waals surface area contributed by atoms with E-state index in [1.54, 1.807) is 30.3 Å². The van der Waals surface area contributed by atoms with E-state index in [0.29, 0.717) is 29.2 Å². The molecular formula is C21H20N2O6. The third-order valence-corrected chi connectivity index (χ3v) is 4.33. The highest BCUT2D eigenvalue weighted by Gasteiger charge is 2.36. The molecule has 0 atom stereocenters. The van der Waals surface area contributed by atoms with Gasteiger partial charge in [-0.2, -0.15) is 0 Å². The summed E-state index contributed by atoms with van der Waals surface area (Å²) in [6.45, 7) is 3.64. The van der Waals surface area contributed by atoms with Gasteiger partial charge in [0.15, 0.2) is 11.5 Å². The maximum atomic E-state index is 12.8. The molecule has 1 fully saturated rings. The Morgan fingerprint density at radius 2 is 2.00 bits per heavy atom. The number of furan rings is 1. The van der Waals surface area contributed by atoms with Gasteiger partial charge in [-0.3, -0.25) is 19.8 Å². The van der Waals surface area contributed by atoms with Crippen LogP contribution in [-0.2, 0) is 22.6 Å². The van der Waals surface area contributed by atoms with E-state index in [0.717, 1.165) is 10.5 Å². The number of rotatable bonds is 7. The fraction of sp³-hybridized carbons (Fsp3) is 0.190. The van der Waals surface area contributed by atoms with Gasteiger partial charge in [-0.25, -0.2) is 4.79 Å². The molecule has 150 valence electrons. The number of hydrogen-bond donors (Lipinski definition) is 1. The van der Waals surface area contributed by atoms with Crippen molar-refractivity contribution in [1.82, 2.24) is 10.2 Å². The number of carbonyl (C=O) groups is 3. The molecule has 3 rings (SSSR count). The van der Waals surface area contributed by atoms with Crippen molar-refractivity contribution in [2.45, 2.75) is 13.0 Å². The van der Waals surface area contributed by atoms with E-state index >= 15 is 0 Å². The molecule has 29 heavy (non-hydrogen) atoms. The summed E-state index contributed by atoms with van der Waals surface area (Å²) in [6, 6.07) is 5.90. The first-order valence-electron chi connectivity index (χ1n) is 8.75. The summed E-state index contributed by atoms with van der Waals surface area (Å²) in [7, 11) is 3.02. The van der Waals surface area contributed by atoms with Crippen LogP contribution in [0.2, 0.25) is 0 Å². The van der Waals surface area contributed by atoms with Crippen LogP contribution in [0.25, 0.3) is 6.08 Å². The van der Waals surface area contributed by atoms with Gasteiger partial charge in [0.2, 0.25) is 0 Å². The van der Waals surface area contributed by atoms with Crippen LogP contribution in [0.3, 0.4) is 0 Å². The maximum absolute atomic E-state index is 12.8. The average Bonchev–Trinajstić information content (AvgIpc) is 3.21. The van der Waals surface area contributed by atoms with Crippen LogP contribution in [-0.4, -0.2) is 37.0 Å². The van der Waals surface area contributed by atoms with E-state index in [2.05, 4.69) is 11.9 Å². The minimum absolute atomic E-state index is 0.0874. The van der Waals surface area contributed by atoms with Gasteiger partial charge < -0.3 is 13.9 Å². The molecule has 0 unspecified atom stereocenters. The number of hydrogen-bond acceptors (Lipinski definition) is 6. The standard InChI is InChI=1S/C21H20N2O6/c1-4-6-14-9-13(11-17(27-2)18(14)28-3)10-16-19(24)22-21(26)23(20(16)25)12-15-7-5-8-29-15/h4-5,7-11H,1,6,12H2,2-3H3,(H,22,24,26). The van der Waals surface area contributed by atoms with E-state index < -0.39 is 17.8 Å². The zero-order valence-electron chi connectivity index (χ0n) is 16.1. The first-order chi connectivity index (χ1) is 14.0. The number of amides is 4. The Morgan fingerprint density at radius 1 is 1.21 bits per heavy atom. The summed E-state index contributed by atoms with van der Waals surface area (Å²) in [5.41, 5.74) is 1.15. The molecule has 0 saturated carbocycles. The Labute approximate surface area is 167 Å². The predicted molar refractivity (Wildman–Crippen MR) is 104 cm³/mol. The first kappa shape index (κ1) is 19.9. The van der Waals surface area contributed by atoms with E-state index in [1.807, 2.05) is 0 Å². The molecule has 1 aliphatic heterocycles. The van der Waals surface area contributed by atoms with Crippen LogP contribution >= 0.6 is 0 Å². The van der Waals surface area contributed by atoms with E-state index in [-0.39, 0.29) is 12.1 Å². The molecule has 8 heteroatoms. The lowest BCUT2D eigenvalue weighted by molar-refractivity contribution is -0.130. The Balaban J connectivity index is 2.00. The van der Waals surface area contributed by atoms with Crippen molar-refractivity contribution in [3.05, 3.63) is 65.6 Å². The van der Waals surface area contributed by atoms with Crippen molar-refractivity contribution in [3.63, 3.8) is 0 Å². The van der Waals surface area contributed by atoms with Crippen LogP contribution in [0.4, 0.5) is 4.79 Å². The third kappa shape index (κ3) is 4.06. The number of carbonyl (C=O) groups excluding carboxylic acids is 3. The number of barbiturate groups is 1. The summed E-state index contributed by atoms with van der Waals surface area (Å²) >= 11 is 0. The molecule has 1 aromatic heterocycles. The van der Waals surface area contributed by atoms with Crippen molar-refractivity contribution in [1.29, 1.82) is 0 Å². The molecule has 0 bridgehead atoms. The molecule has 0 aliphatic carbocycles. The smallest absolute Gasteiger partial charge is 0.331 e. The second-order valence-corrected chi connectivity index (χ2v) is 6.20. The Hall–Kier alpha value is -3.81. The molecular weight excluding hydrogens is 376 g/mol. The molecule has 0 spiro atoms. The molecule has 0 radical (unpaired) electrons. The summed E-state index contributed by atoms with van der Waals surface area (Å²) in [6.07, 6.45) is 5.05. The molecule has 1 saturated heterocycles. The highest BCUT2D eigenvalue weighted by molar-refractivity contribution is 6.30. The maximum Gasteiger partial charge on any atom is 0.331 e. The second kappa shape index (κ2) is 8.47. The molecule has 1 aliphatic rings. The predicted octanol–water partition coefficient (Wildman–Crippen LogP) is 2.69. The van der Waals surface area contributed by atoms with Crippen molar-refractivity contribution < 1.29 is 28.3 Å². The number of allylic oxidation sites excluding steroid dienone is 1. The largest absolute Gasteiger partial charge is 0.493 e. The van der Waals surface area contributed by atoms with E-state index in [9.17, 15) is 14.4 Å². The zero-order chi connectivity index (χ0) is 21.0. The number of methoxy groups -OCH3 is 2. The molecule has 4 amide bonds. The average molecular weight is 396 g/mol. The van der Waals surface area contributed by atoms with Crippen LogP contribution in [0.15, 0.2) is 53.2 Å². The highest BCUT2D eigenvalue weighted by Crippen LogP contribution is 2.34. The van der Waals surface area contributed by atoms with Gasteiger partial charge in [0, 0.05) is 5.56 Å². The molecule has 2 heterocycles. The Kier molecular flexibility index (Phi) is 5.82.